The molecule has 0 radical (unpaired) electrons. The first kappa shape index (κ1) is 15.8. The number of carbonyl (C=O) groups excluding carboxylic acids is 1. The largest absolute Gasteiger partial charge is 0.347 e. The average molecular weight is 321 g/mol. The van der Waals surface area contributed by atoms with Crippen molar-refractivity contribution < 1.29 is 4.79 Å². The van der Waals surface area contributed by atoms with Gasteiger partial charge in [0.15, 0.2) is 0 Å². The average Bonchev–Trinajstić information content (AvgIpc) is 3.18. The highest BCUT2D eigenvalue weighted by Gasteiger charge is 2.36. The van der Waals surface area contributed by atoms with Crippen molar-refractivity contribution in [3.8, 4) is 0 Å². The third-order valence-electron chi connectivity index (χ3n) is 5.17. The van der Waals surface area contributed by atoms with Crippen LogP contribution >= 0.6 is 11.6 Å². The van der Waals surface area contributed by atoms with E-state index in [0.717, 1.165) is 37.4 Å². The van der Waals surface area contributed by atoms with Gasteiger partial charge in [-0.15, -0.1) is 0 Å². The van der Waals surface area contributed by atoms with Crippen LogP contribution in [0.15, 0.2) is 24.3 Å². The number of halogens is 1. The topological polar surface area (TPSA) is 41.1 Å². The lowest BCUT2D eigenvalue weighted by Crippen LogP contribution is -2.43. The standard InChI is InChI=1S/C18H25ClN2O/c19-16-6-4-15(5-7-16)18(10-1-2-11-18)21-17(22)8-3-14-9-12-20-13-14/h4-7,14,20H,1-3,8-13H2,(H,21,22). The first-order valence-corrected chi connectivity index (χ1v) is 8.83. The number of amides is 1. The fourth-order valence-corrected chi connectivity index (χ4v) is 3.98. The third kappa shape index (κ3) is 3.64. The number of carbonyl (C=O) groups is 1. The molecule has 1 atom stereocenters. The van der Waals surface area contributed by atoms with Crippen LogP contribution in [0.25, 0.3) is 0 Å². The molecular weight excluding hydrogens is 296 g/mol. The van der Waals surface area contributed by atoms with Crippen LogP contribution < -0.4 is 10.6 Å². The minimum atomic E-state index is -0.171. The molecule has 1 saturated carbocycles. The molecule has 0 aromatic heterocycles. The molecular formula is C18H25ClN2O. The van der Waals surface area contributed by atoms with Gasteiger partial charge in [0.25, 0.3) is 0 Å². The van der Waals surface area contributed by atoms with Gasteiger partial charge >= 0.3 is 0 Å². The normalized spacial score (nSPS) is 23.6. The van der Waals surface area contributed by atoms with Crippen LogP contribution in [0.2, 0.25) is 5.02 Å². The van der Waals surface area contributed by atoms with Gasteiger partial charge in [0.05, 0.1) is 5.54 Å². The predicted molar refractivity (Wildman–Crippen MR) is 90.0 cm³/mol. The molecule has 0 bridgehead atoms. The first-order chi connectivity index (χ1) is 10.7. The summed E-state index contributed by atoms with van der Waals surface area (Å²) in [6.07, 6.45) is 7.26. The molecule has 2 N–H and O–H groups in total. The van der Waals surface area contributed by atoms with E-state index in [1.807, 2.05) is 12.1 Å². The zero-order valence-corrected chi connectivity index (χ0v) is 13.8. The molecule has 1 aromatic carbocycles. The number of rotatable bonds is 5. The summed E-state index contributed by atoms with van der Waals surface area (Å²) in [5.41, 5.74) is 1.03. The monoisotopic (exact) mass is 320 g/mol. The van der Waals surface area contributed by atoms with E-state index in [-0.39, 0.29) is 11.4 Å². The summed E-state index contributed by atoms with van der Waals surface area (Å²) in [5.74, 6) is 0.865. The number of nitrogens with one attached hydrogen (secondary N) is 2. The lowest BCUT2D eigenvalue weighted by Gasteiger charge is -2.31. The molecule has 0 spiro atoms. The van der Waals surface area contributed by atoms with E-state index in [0.29, 0.717) is 12.3 Å². The lowest BCUT2D eigenvalue weighted by atomic mass is 9.87. The van der Waals surface area contributed by atoms with Crippen molar-refractivity contribution in [3.05, 3.63) is 34.9 Å². The maximum absolute atomic E-state index is 12.4. The Balaban J connectivity index is 1.63. The van der Waals surface area contributed by atoms with Gasteiger partial charge in [-0.1, -0.05) is 36.6 Å². The summed E-state index contributed by atoms with van der Waals surface area (Å²) in [5, 5.41) is 7.46. The van der Waals surface area contributed by atoms with E-state index in [9.17, 15) is 4.79 Å². The minimum Gasteiger partial charge on any atom is -0.347 e. The smallest absolute Gasteiger partial charge is 0.220 e. The Hall–Kier alpha value is -1.06. The molecule has 3 rings (SSSR count). The quantitative estimate of drug-likeness (QED) is 0.870. The highest BCUT2D eigenvalue weighted by Crippen LogP contribution is 2.39. The Kier molecular flexibility index (Phi) is 5.04. The van der Waals surface area contributed by atoms with Crippen molar-refractivity contribution in [2.24, 2.45) is 5.92 Å². The van der Waals surface area contributed by atoms with Crippen molar-refractivity contribution in [3.63, 3.8) is 0 Å². The molecule has 22 heavy (non-hydrogen) atoms. The summed E-state index contributed by atoms with van der Waals surface area (Å²) >= 11 is 6.00. The third-order valence-corrected chi connectivity index (χ3v) is 5.43. The van der Waals surface area contributed by atoms with E-state index >= 15 is 0 Å². The molecule has 2 fully saturated rings. The summed E-state index contributed by atoms with van der Waals surface area (Å²) in [6, 6.07) is 7.98. The highest BCUT2D eigenvalue weighted by molar-refractivity contribution is 6.30. The summed E-state index contributed by atoms with van der Waals surface area (Å²) < 4.78 is 0. The molecule has 4 heteroatoms. The molecule has 2 aliphatic rings. The van der Waals surface area contributed by atoms with Gasteiger partial charge in [-0.3, -0.25) is 4.79 Å². The molecule has 1 aromatic rings. The fraction of sp³-hybridized carbons (Fsp3) is 0.611. The van der Waals surface area contributed by atoms with Crippen LogP contribution in [-0.2, 0) is 10.3 Å². The number of hydrogen-bond donors (Lipinski definition) is 2. The number of benzene rings is 1. The van der Waals surface area contributed by atoms with Crippen LogP contribution in [0.3, 0.4) is 0 Å². The first-order valence-electron chi connectivity index (χ1n) is 8.46. The zero-order chi connectivity index (χ0) is 15.4. The van der Waals surface area contributed by atoms with E-state index < -0.39 is 0 Å². The zero-order valence-electron chi connectivity index (χ0n) is 13.0. The minimum absolute atomic E-state index is 0.171. The van der Waals surface area contributed by atoms with Crippen molar-refractivity contribution >= 4 is 17.5 Å². The molecule has 1 aliphatic heterocycles. The van der Waals surface area contributed by atoms with Gasteiger partial charge in [0.1, 0.15) is 0 Å². The lowest BCUT2D eigenvalue weighted by molar-refractivity contribution is -0.123. The molecule has 3 nitrogen and oxygen atoms in total. The van der Waals surface area contributed by atoms with Gasteiger partial charge < -0.3 is 10.6 Å². The Morgan fingerprint density at radius 2 is 2.00 bits per heavy atom. The Labute approximate surface area is 137 Å². The maximum Gasteiger partial charge on any atom is 0.220 e. The van der Waals surface area contributed by atoms with Gasteiger partial charge in [-0.25, -0.2) is 0 Å². The van der Waals surface area contributed by atoms with E-state index in [1.165, 1.54) is 24.8 Å². The van der Waals surface area contributed by atoms with Gasteiger partial charge in [0, 0.05) is 11.4 Å². The van der Waals surface area contributed by atoms with Gasteiger partial charge in [-0.2, -0.15) is 0 Å². The van der Waals surface area contributed by atoms with Crippen LogP contribution in [0.1, 0.15) is 50.5 Å². The Bertz CT molecular complexity index is 502. The number of hydrogen-bond acceptors (Lipinski definition) is 2. The van der Waals surface area contributed by atoms with Gasteiger partial charge in [-0.05, 0) is 62.4 Å². The molecule has 1 unspecified atom stereocenters. The SMILES string of the molecule is O=C(CCC1CCNC1)NC1(c2ccc(Cl)cc2)CCCC1. The maximum atomic E-state index is 12.4. The van der Waals surface area contributed by atoms with Crippen LogP contribution in [0, 0.1) is 5.92 Å². The van der Waals surface area contributed by atoms with Gasteiger partial charge in [0.2, 0.25) is 5.91 Å². The molecule has 1 heterocycles. The fourth-order valence-electron chi connectivity index (χ4n) is 3.86. The second kappa shape index (κ2) is 7.01. The van der Waals surface area contributed by atoms with E-state index in [4.69, 9.17) is 11.6 Å². The molecule has 1 aliphatic carbocycles. The van der Waals surface area contributed by atoms with Crippen molar-refractivity contribution in [1.82, 2.24) is 10.6 Å². The highest BCUT2D eigenvalue weighted by atomic mass is 35.5. The van der Waals surface area contributed by atoms with Crippen LogP contribution in [0.5, 0.6) is 0 Å². The second-order valence-electron chi connectivity index (χ2n) is 6.74. The van der Waals surface area contributed by atoms with E-state index in [1.54, 1.807) is 0 Å². The summed E-state index contributed by atoms with van der Waals surface area (Å²) in [6.45, 7) is 2.16. The predicted octanol–water partition coefficient (Wildman–Crippen LogP) is 3.62. The molecule has 1 amide bonds. The summed E-state index contributed by atoms with van der Waals surface area (Å²) in [7, 11) is 0. The molecule has 1 saturated heterocycles. The van der Waals surface area contributed by atoms with Crippen LogP contribution in [-0.4, -0.2) is 19.0 Å². The second-order valence-corrected chi connectivity index (χ2v) is 7.18. The van der Waals surface area contributed by atoms with Crippen molar-refractivity contribution in [2.45, 2.75) is 50.5 Å². The van der Waals surface area contributed by atoms with Crippen LogP contribution in [0.4, 0.5) is 0 Å². The Morgan fingerprint density at radius 1 is 1.27 bits per heavy atom. The Morgan fingerprint density at radius 3 is 2.64 bits per heavy atom. The van der Waals surface area contributed by atoms with Crippen molar-refractivity contribution in [1.29, 1.82) is 0 Å². The van der Waals surface area contributed by atoms with Crippen molar-refractivity contribution in [2.75, 3.05) is 13.1 Å². The summed E-state index contributed by atoms with van der Waals surface area (Å²) in [4.78, 5) is 12.4. The van der Waals surface area contributed by atoms with E-state index in [2.05, 4.69) is 22.8 Å². The molecule has 120 valence electrons.